The highest BCUT2D eigenvalue weighted by Crippen LogP contribution is 2.33. The molecule has 0 amide bonds. The third kappa shape index (κ3) is 4.36. The summed E-state index contributed by atoms with van der Waals surface area (Å²) >= 11 is 1.76. The summed E-state index contributed by atoms with van der Waals surface area (Å²) in [7, 11) is 2.19. The molecule has 3 rings (SSSR count). The number of nitrogens with zero attached hydrogens (tertiary/aromatic N) is 2. The van der Waals surface area contributed by atoms with Crippen molar-refractivity contribution in [3.63, 3.8) is 0 Å². The standard InChI is InChI=1S/C19H24N2OS/c1-20-10-12-21(13-11-20)14-16-6-2-4-8-18(16)23-19-9-5-3-7-17(19)15-22/h2-9,22H,10-15H2,1H3. The van der Waals surface area contributed by atoms with Gasteiger partial charge in [-0.3, -0.25) is 4.90 Å². The van der Waals surface area contributed by atoms with Crippen molar-refractivity contribution in [1.29, 1.82) is 0 Å². The number of aliphatic hydroxyl groups is 1. The van der Waals surface area contributed by atoms with E-state index in [0.717, 1.165) is 43.2 Å². The van der Waals surface area contributed by atoms with E-state index in [4.69, 9.17) is 0 Å². The first-order valence-corrected chi connectivity index (χ1v) is 8.93. The van der Waals surface area contributed by atoms with E-state index >= 15 is 0 Å². The molecule has 0 unspecified atom stereocenters. The molecule has 0 aromatic heterocycles. The van der Waals surface area contributed by atoms with Crippen LogP contribution in [0.15, 0.2) is 58.3 Å². The lowest BCUT2D eigenvalue weighted by atomic mass is 10.2. The molecule has 0 saturated carbocycles. The zero-order valence-corrected chi connectivity index (χ0v) is 14.4. The summed E-state index contributed by atoms with van der Waals surface area (Å²) in [6.07, 6.45) is 0. The summed E-state index contributed by atoms with van der Waals surface area (Å²) in [6.45, 7) is 5.62. The Balaban J connectivity index is 1.75. The van der Waals surface area contributed by atoms with Gasteiger partial charge >= 0.3 is 0 Å². The molecule has 1 fully saturated rings. The summed E-state index contributed by atoms with van der Waals surface area (Å²) in [5.74, 6) is 0. The lowest BCUT2D eigenvalue weighted by Gasteiger charge is -2.32. The smallest absolute Gasteiger partial charge is 0.0692 e. The fourth-order valence-electron chi connectivity index (χ4n) is 2.83. The molecule has 1 saturated heterocycles. The molecule has 1 aliphatic heterocycles. The first-order chi connectivity index (χ1) is 11.3. The molecule has 2 aromatic carbocycles. The van der Waals surface area contributed by atoms with Crippen LogP contribution in [-0.4, -0.2) is 48.1 Å². The number of rotatable bonds is 5. The molecule has 23 heavy (non-hydrogen) atoms. The van der Waals surface area contributed by atoms with Crippen LogP contribution in [0.25, 0.3) is 0 Å². The summed E-state index contributed by atoms with van der Waals surface area (Å²) in [5.41, 5.74) is 2.36. The quantitative estimate of drug-likeness (QED) is 0.912. The van der Waals surface area contributed by atoms with Crippen LogP contribution in [0.5, 0.6) is 0 Å². The van der Waals surface area contributed by atoms with Gasteiger partial charge in [-0.1, -0.05) is 48.2 Å². The third-order valence-electron chi connectivity index (χ3n) is 4.33. The Labute approximate surface area is 142 Å². The average Bonchev–Trinajstić information content (AvgIpc) is 2.59. The summed E-state index contributed by atoms with van der Waals surface area (Å²) in [5, 5.41) is 9.53. The summed E-state index contributed by atoms with van der Waals surface area (Å²) < 4.78 is 0. The fraction of sp³-hybridized carbons (Fsp3) is 0.368. The molecule has 2 aromatic rings. The Morgan fingerprint density at radius 3 is 2.09 bits per heavy atom. The predicted octanol–water partition coefficient (Wildman–Crippen LogP) is 3.08. The monoisotopic (exact) mass is 328 g/mol. The lowest BCUT2D eigenvalue weighted by Crippen LogP contribution is -2.43. The van der Waals surface area contributed by atoms with Crippen molar-refractivity contribution in [3.05, 3.63) is 59.7 Å². The number of aliphatic hydroxyl groups excluding tert-OH is 1. The molecule has 4 heteroatoms. The van der Waals surface area contributed by atoms with Crippen molar-refractivity contribution < 1.29 is 5.11 Å². The van der Waals surface area contributed by atoms with E-state index in [-0.39, 0.29) is 6.61 Å². The first-order valence-electron chi connectivity index (χ1n) is 8.11. The second kappa shape index (κ2) is 7.97. The van der Waals surface area contributed by atoms with Crippen LogP contribution in [0.4, 0.5) is 0 Å². The molecule has 122 valence electrons. The average molecular weight is 328 g/mol. The van der Waals surface area contributed by atoms with E-state index in [0.29, 0.717) is 0 Å². The molecule has 1 N–H and O–H groups in total. The van der Waals surface area contributed by atoms with Crippen molar-refractivity contribution in [1.82, 2.24) is 9.80 Å². The van der Waals surface area contributed by atoms with Gasteiger partial charge in [0.25, 0.3) is 0 Å². The SMILES string of the molecule is CN1CCN(Cc2ccccc2Sc2ccccc2CO)CC1. The normalized spacial score (nSPS) is 16.6. The van der Waals surface area contributed by atoms with Crippen molar-refractivity contribution >= 4 is 11.8 Å². The summed E-state index contributed by atoms with van der Waals surface area (Å²) in [4.78, 5) is 7.33. The Bertz CT molecular complexity index is 639. The van der Waals surface area contributed by atoms with Crippen LogP contribution in [0, 0.1) is 0 Å². The van der Waals surface area contributed by atoms with Crippen LogP contribution in [0.2, 0.25) is 0 Å². The molecule has 0 bridgehead atoms. The Kier molecular flexibility index (Phi) is 5.73. The molecule has 0 radical (unpaired) electrons. The van der Waals surface area contributed by atoms with Gasteiger partial charge in [0, 0.05) is 42.5 Å². The van der Waals surface area contributed by atoms with Gasteiger partial charge in [-0.05, 0) is 30.3 Å². The molecule has 1 heterocycles. The third-order valence-corrected chi connectivity index (χ3v) is 5.56. The maximum atomic E-state index is 9.53. The van der Waals surface area contributed by atoms with E-state index in [9.17, 15) is 5.11 Å². The van der Waals surface area contributed by atoms with Crippen LogP contribution in [-0.2, 0) is 13.2 Å². The van der Waals surface area contributed by atoms with E-state index in [1.807, 2.05) is 18.2 Å². The van der Waals surface area contributed by atoms with Gasteiger partial charge in [-0.15, -0.1) is 0 Å². The maximum Gasteiger partial charge on any atom is 0.0692 e. The van der Waals surface area contributed by atoms with Gasteiger partial charge < -0.3 is 10.0 Å². The minimum Gasteiger partial charge on any atom is -0.392 e. The van der Waals surface area contributed by atoms with Crippen LogP contribution in [0.3, 0.4) is 0 Å². The highest BCUT2D eigenvalue weighted by Gasteiger charge is 2.15. The lowest BCUT2D eigenvalue weighted by molar-refractivity contribution is 0.147. The molecular formula is C19H24N2OS. The van der Waals surface area contributed by atoms with E-state index in [1.165, 1.54) is 10.5 Å². The van der Waals surface area contributed by atoms with Crippen LogP contribution < -0.4 is 0 Å². The minimum atomic E-state index is 0.0871. The minimum absolute atomic E-state index is 0.0871. The second-order valence-corrected chi connectivity index (χ2v) is 7.14. The van der Waals surface area contributed by atoms with Crippen molar-refractivity contribution in [2.75, 3.05) is 33.2 Å². The van der Waals surface area contributed by atoms with Crippen molar-refractivity contribution in [3.8, 4) is 0 Å². The largest absolute Gasteiger partial charge is 0.392 e. The highest BCUT2D eigenvalue weighted by molar-refractivity contribution is 7.99. The highest BCUT2D eigenvalue weighted by atomic mass is 32.2. The maximum absolute atomic E-state index is 9.53. The van der Waals surface area contributed by atoms with Gasteiger partial charge in [0.1, 0.15) is 0 Å². The molecule has 0 aliphatic carbocycles. The van der Waals surface area contributed by atoms with Crippen LogP contribution >= 0.6 is 11.8 Å². The Morgan fingerprint density at radius 2 is 1.43 bits per heavy atom. The molecule has 3 nitrogen and oxygen atoms in total. The van der Waals surface area contributed by atoms with Gasteiger partial charge in [-0.25, -0.2) is 0 Å². The Hall–Kier alpha value is -1.33. The van der Waals surface area contributed by atoms with E-state index in [1.54, 1.807) is 11.8 Å². The van der Waals surface area contributed by atoms with Gasteiger partial charge in [0.15, 0.2) is 0 Å². The Morgan fingerprint density at radius 1 is 0.870 bits per heavy atom. The summed E-state index contributed by atoms with van der Waals surface area (Å²) in [6, 6.07) is 16.7. The predicted molar refractivity (Wildman–Crippen MR) is 95.7 cm³/mol. The first kappa shape index (κ1) is 16.5. The molecule has 1 aliphatic rings. The number of piperazine rings is 1. The van der Waals surface area contributed by atoms with Crippen molar-refractivity contribution in [2.24, 2.45) is 0 Å². The van der Waals surface area contributed by atoms with Crippen LogP contribution in [0.1, 0.15) is 11.1 Å². The fourth-order valence-corrected chi connectivity index (χ4v) is 3.89. The number of hydrogen-bond donors (Lipinski definition) is 1. The zero-order chi connectivity index (χ0) is 16.1. The van der Waals surface area contributed by atoms with Crippen molar-refractivity contribution in [2.45, 2.75) is 22.9 Å². The number of hydrogen-bond acceptors (Lipinski definition) is 4. The molecule has 0 atom stereocenters. The second-order valence-electron chi connectivity index (χ2n) is 6.06. The van der Waals surface area contributed by atoms with Gasteiger partial charge in [0.05, 0.1) is 6.61 Å². The number of likely N-dealkylation sites (N-methyl/N-ethyl adjacent to an activating group) is 1. The molecular weight excluding hydrogens is 304 g/mol. The zero-order valence-electron chi connectivity index (χ0n) is 13.6. The van der Waals surface area contributed by atoms with Gasteiger partial charge in [-0.2, -0.15) is 0 Å². The number of benzene rings is 2. The van der Waals surface area contributed by atoms with E-state index in [2.05, 4.69) is 47.2 Å². The van der Waals surface area contributed by atoms with E-state index < -0.39 is 0 Å². The topological polar surface area (TPSA) is 26.7 Å². The molecule has 0 spiro atoms. The van der Waals surface area contributed by atoms with Gasteiger partial charge in [0.2, 0.25) is 0 Å².